The lowest BCUT2D eigenvalue weighted by Crippen LogP contribution is -2.41. The van der Waals surface area contributed by atoms with Crippen molar-refractivity contribution in [1.29, 1.82) is 0 Å². The van der Waals surface area contributed by atoms with Crippen LogP contribution in [0, 0.1) is 16.0 Å². The third-order valence-electron chi connectivity index (χ3n) is 3.86. The summed E-state index contributed by atoms with van der Waals surface area (Å²) in [5, 5.41) is 13.5. The molecule has 0 spiro atoms. The van der Waals surface area contributed by atoms with E-state index < -0.39 is 4.92 Å². The zero-order chi connectivity index (χ0) is 16.8. The highest BCUT2D eigenvalue weighted by molar-refractivity contribution is 5.94. The lowest BCUT2D eigenvalue weighted by Gasteiger charge is -2.29. The lowest BCUT2D eigenvalue weighted by molar-refractivity contribution is -0.383. The Hall–Kier alpha value is -2.48. The molecule has 1 aromatic rings. The van der Waals surface area contributed by atoms with Gasteiger partial charge in [0.2, 0.25) is 5.91 Å². The molecular weight excluding hydrogens is 302 g/mol. The number of carbonyl (C=O) groups is 2. The predicted octanol–water partition coefficient (Wildman–Crippen LogP) is 1.42. The summed E-state index contributed by atoms with van der Waals surface area (Å²) in [5.41, 5.74) is 0.0530. The van der Waals surface area contributed by atoms with E-state index in [0.717, 1.165) is 0 Å². The first-order valence-electron chi connectivity index (χ1n) is 7.34. The fraction of sp³-hybridized carbons (Fsp3) is 0.467. The summed E-state index contributed by atoms with van der Waals surface area (Å²) in [6.45, 7) is 1.37. The first-order chi connectivity index (χ1) is 11.0. The predicted molar refractivity (Wildman–Crippen MR) is 82.9 cm³/mol. The number of nitro groups is 1. The van der Waals surface area contributed by atoms with Crippen molar-refractivity contribution in [2.24, 2.45) is 5.92 Å². The molecule has 1 aromatic carbocycles. The molecule has 1 amide bonds. The van der Waals surface area contributed by atoms with Crippen LogP contribution in [0.5, 0.6) is 0 Å². The van der Waals surface area contributed by atoms with Crippen LogP contribution in [0.2, 0.25) is 0 Å². The number of rotatable bonds is 5. The number of esters is 1. The number of piperidine rings is 1. The van der Waals surface area contributed by atoms with E-state index in [-0.39, 0.29) is 35.7 Å². The second-order valence-electron chi connectivity index (χ2n) is 5.40. The fourth-order valence-electron chi connectivity index (χ4n) is 2.62. The van der Waals surface area contributed by atoms with Crippen molar-refractivity contribution in [2.75, 3.05) is 32.1 Å². The zero-order valence-corrected chi connectivity index (χ0v) is 12.9. The van der Waals surface area contributed by atoms with Gasteiger partial charge in [0.1, 0.15) is 5.69 Å². The largest absolute Gasteiger partial charge is 0.469 e. The van der Waals surface area contributed by atoms with Crippen LogP contribution in [0.4, 0.5) is 11.4 Å². The number of nitrogens with one attached hydrogen (secondary N) is 1. The lowest BCUT2D eigenvalue weighted by atomic mass is 9.97. The molecule has 1 saturated heterocycles. The summed E-state index contributed by atoms with van der Waals surface area (Å²) in [5.74, 6) is -0.639. The highest BCUT2D eigenvalue weighted by Gasteiger charge is 2.26. The van der Waals surface area contributed by atoms with Crippen molar-refractivity contribution >= 4 is 23.3 Å². The molecule has 0 radical (unpaired) electrons. The number of anilines is 1. The van der Waals surface area contributed by atoms with E-state index >= 15 is 0 Å². The second-order valence-corrected chi connectivity index (χ2v) is 5.40. The van der Waals surface area contributed by atoms with Crippen LogP contribution >= 0.6 is 0 Å². The van der Waals surface area contributed by atoms with Crippen molar-refractivity contribution in [3.05, 3.63) is 34.4 Å². The molecule has 1 N–H and O–H groups in total. The van der Waals surface area contributed by atoms with Gasteiger partial charge in [-0.15, -0.1) is 0 Å². The average molecular weight is 321 g/mol. The van der Waals surface area contributed by atoms with E-state index in [1.54, 1.807) is 12.1 Å². The fourth-order valence-corrected chi connectivity index (χ4v) is 2.62. The van der Waals surface area contributed by atoms with Crippen LogP contribution in [0.1, 0.15) is 12.8 Å². The van der Waals surface area contributed by atoms with E-state index in [1.165, 1.54) is 19.2 Å². The number of ether oxygens (including phenoxy) is 1. The Morgan fingerprint density at radius 3 is 2.61 bits per heavy atom. The van der Waals surface area contributed by atoms with Crippen LogP contribution in [-0.4, -0.2) is 48.4 Å². The molecule has 1 heterocycles. The summed E-state index contributed by atoms with van der Waals surface area (Å²) in [4.78, 5) is 35.8. The van der Waals surface area contributed by atoms with Gasteiger partial charge in [-0.2, -0.15) is 0 Å². The molecule has 1 fully saturated rings. The van der Waals surface area contributed by atoms with Gasteiger partial charge in [0.25, 0.3) is 5.69 Å². The number of carbonyl (C=O) groups excluding carboxylic acids is 2. The van der Waals surface area contributed by atoms with Gasteiger partial charge in [-0.05, 0) is 32.0 Å². The molecular formula is C15H19N3O5. The molecule has 0 aliphatic carbocycles. The Labute approximate surface area is 133 Å². The normalized spacial score (nSPS) is 15.9. The minimum Gasteiger partial charge on any atom is -0.469 e. The molecule has 0 aromatic heterocycles. The molecule has 0 unspecified atom stereocenters. The molecule has 23 heavy (non-hydrogen) atoms. The van der Waals surface area contributed by atoms with Gasteiger partial charge >= 0.3 is 5.97 Å². The van der Waals surface area contributed by atoms with Crippen molar-refractivity contribution < 1.29 is 19.2 Å². The molecule has 0 saturated carbocycles. The number of methoxy groups -OCH3 is 1. The van der Waals surface area contributed by atoms with Gasteiger partial charge in [-0.1, -0.05) is 12.1 Å². The van der Waals surface area contributed by atoms with E-state index in [2.05, 4.69) is 5.32 Å². The molecule has 124 valence electrons. The van der Waals surface area contributed by atoms with Crippen LogP contribution in [-0.2, 0) is 14.3 Å². The molecule has 1 aliphatic heterocycles. The smallest absolute Gasteiger partial charge is 0.308 e. The Balaban J connectivity index is 1.87. The van der Waals surface area contributed by atoms with E-state index in [1.807, 2.05) is 4.90 Å². The zero-order valence-electron chi connectivity index (χ0n) is 12.9. The van der Waals surface area contributed by atoms with Gasteiger partial charge < -0.3 is 10.1 Å². The maximum absolute atomic E-state index is 12.1. The van der Waals surface area contributed by atoms with Crippen LogP contribution < -0.4 is 5.32 Å². The van der Waals surface area contributed by atoms with Crippen LogP contribution in [0.15, 0.2) is 24.3 Å². The van der Waals surface area contributed by atoms with Crippen LogP contribution in [0.3, 0.4) is 0 Å². The van der Waals surface area contributed by atoms with Crippen molar-refractivity contribution in [3.8, 4) is 0 Å². The molecule has 0 atom stereocenters. The highest BCUT2D eigenvalue weighted by Crippen LogP contribution is 2.23. The summed E-state index contributed by atoms with van der Waals surface area (Å²) >= 11 is 0. The van der Waals surface area contributed by atoms with Gasteiger partial charge in [0.15, 0.2) is 0 Å². The quantitative estimate of drug-likeness (QED) is 0.500. The van der Waals surface area contributed by atoms with Crippen molar-refractivity contribution in [2.45, 2.75) is 12.8 Å². The third-order valence-corrected chi connectivity index (χ3v) is 3.86. The molecule has 8 nitrogen and oxygen atoms in total. The number of nitrogens with zero attached hydrogens (tertiary/aromatic N) is 2. The first-order valence-corrected chi connectivity index (χ1v) is 7.34. The van der Waals surface area contributed by atoms with Gasteiger partial charge in [-0.3, -0.25) is 24.6 Å². The molecule has 2 rings (SSSR count). The highest BCUT2D eigenvalue weighted by atomic mass is 16.6. The summed E-state index contributed by atoms with van der Waals surface area (Å²) in [6, 6.07) is 6.02. The second kappa shape index (κ2) is 7.68. The van der Waals surface area contributed by atoms with Crippen molar-refractivity contribution in [1.82, 2.24) is 4.90 Å². The summed E-state index contributed by atoms with van der Waals surface area (Å²) in [6.07, 6.45) is 1.29. The molecule has 1 aliphatic rings. The van der Waals surface area contributed by atoms with Gasteiger partial charge in [0, 0.05) is 6.07 Å². The maximum Gasteiger partial charge on any atom is 0.308 e. The topological polar surface area (TPSA) is 102 Å². The number of amides is 1. The Morgan fingerprint density at radius 1 is 1.35 bits per heavy atom. The average Bonchev–Trinajstić information content (AvgIpc) is 2.55. The minimum absolute atomic E-state index is 0.116. The number of benzene rings is 1. The van der Waals surface area contributed by atoms with Crippen molar-refractivity contribution in [3.63, 3.8) is 0 Å². The first kappa shape index (κ1) is 16.9. The van der Waals surface area contributed by atoms with Gasteiger partial charge in [-0.25, -0.2) is 0 Å². The van der Waals surface area contributed by atoms with E-state index in [0.29, 0.717) is 25.9 Å². The van der Waals surface area contributed by atoms with Crippen LogP contribution in [0.25, 0.3) is 0 Å². The minimum atomic E-state index is -0.530. The standard InChI is InChI=1S/C15H19N3O5/c1-23-15(20)11-6-8-17(9-7-11)10-14(19)16-12-4-2-3-5-13(12)18(21)22/h2-5,11H,6-10H2,1H3,(H,16,19). The monoisotopic (exact) mass is 321 g/mol. The number of nitro benzene ring substituents is 1. The van der Waals surface area contributed by atoms with E-state index in [4.69, 9.17) is 4.74 Å². The Kier molecular flexibility index (Phi) is 5.64. The Morgan fingerprint density at radius 2 is 2.00 bits per heavy atom. The SMILES string of the molecule is COC(=O)C1CCN(CC(=O)Nc2ccccc2[N+](=O)[O-])CC1. The third kappa shape index (κ3) is 4.49. The number of hydrogen-bond acceptors (Lipinski definition) is 6. The van der Waals surface area contributed by atoms with E-state index in [9.17, 15) is 19.7 Å². The summed E-state index contributed by atoms with van der Waals surface area (Å²) in [7, 11) is 1.37. The Bertz CT molecular complexity index is 597. The molecule has 8 heteroatoms. The number of hydrogen-bond donors (Lipinski definition) is 1. The molecule has 0 bridgehead atoms. The van der Waals surface area contributed by atoms with Gasteiger partial charge in [0.05, 0.1) is 24.5 Å². The summed E-state index contributed by atoms with van der Waals surface area (Å²) < 4.78 is 4.72. The maximum atomic E-state index is 12.1. The number of para-hydroxylation sites is 2. The number of likely N-dealkylation sites (tertiary alicyclic amines) is 1.